The fourth-order valence-electron chi connectivity index (χ4n) is 2.65. The molecule has 0 spiro atoms. The van der Waals surface area contributed by atoms with Crippen LogP contribution in [0.1, 0.15) is 43.3 Å². The number of hydrogen-bond acceptors (Lipinski definition) is 0. The number of nitrogens with zero attached hydrogens (tertiary/aromatic N) is 1. The Morgan fingerprint density at radius 2 is 1.56 bits per heavy atom. The highest BCUT2D eigenvalue weighted by atomic mass is 15.1. The monoisotopic (exact) mass is 243 g/mol. The average molecular weight is 243 g/mol. The molecule has 0 aliphatic heterocycles. The first-order chi connectivity index (χ1) is 8.30. The molecule has 2 heteroatoms. The molecule has 1 N–H and O–H groups in total. The van der Waals surface area contributed by atoms with E-state index in [1.807, 2.05) is 6.20 Å². The highest BCUT2D eigenvalue weighted by Gasteiger charge is 2.28. The Bertz CT molecular complexity index is 548. The predicted octanol–water partition coefficient (Wildman–Crippen LogP) is 3.51. The van der Waals surface area contributed by atoms with Gasteiger partial charge >= 0.3 is 0 Å². The third kappa shape index (κ3) is 2.20. The summed E-state index contributed by atoms with van der Waals surface area (Å²) in [5.41, 5.74) is 5.37. The first-order valence-corrected chi connectivity index (χ1v) is 6.48. The lowest BCUT2D eigenvalue weighted by Crippen LogP contribution is -2.40. The summed E-state index contributed by atoms with van der Waals surface area (Å²) in [7, 11) is 0. The van der Waals surface area contributed by atoms with Gasteiger partial charge in [0.2, 0.25) is 0 Å². The summed E-state index contributed by atoms with van der Waals surface area (Å²) < 4.78 is 2.28. The number of H-pyrrole nitrogens is 1. The molecule has 18 heavy (non-hydrogen) atoms. The van der Waals surface area contributed by atoms with E-state index in [4.69, 9.17) is 0 Å². The highest BCUT2D eigenvalue weighted by Crippen LogP contribution is 2.21. The average Bonchev–Trinajstić information content (AvgIpc) is 2.63. The summed E-state index contributed by atoms with van der Waals surface area (Å²) in [4.78, 5) is 3.38. The summed E-state index contributed by atoms with van der Waals surface area (Å²) in [5.74, 6) is 1.23. The van der Waals surface area contributed by atoms with Crippen molar-refractivity contribution in [1.82, 2.24) is 4.98 Å². The lowest BCUT2D eigenvalue weighted by molar-refractivity contribution is -0.607. The van der Waals surface area contributed by atoms with E-state index in [1.54, 1.807) is 0 Å². The SMILES string of the molecule is Cc1cc(C)c(-[n+]2cc[nH]c2C(C)(C)C)c(C)c1. The summed E-state index contributed by atoms with van der Waals surface area (Å²) >= 11 is 0. The Labute approximate surface area is 110 Å². The third-order valence-corrected chi connectivity index (χ3v) is 3.27. The Balaban J connectivity index is 2.68. The number of hydrogen-bond donors (Lipinski definition) is 1. The molecule has 2 rings (SSSR count). The van der Waals surface area contributed by atoms with Gasteiger partial charge in [-0.15, -0.1) is 0 Å². The predicted molar refractivity (Wildman–Crippen MR) is 75.2 cm³/mol. The van der Waals surface area contributed by atoms with Crippen LogP contribution in [-0.2, 0) is 5.41 Å². The summed E-state index contributed by atoms with van der Waals surface area (Å²) in [5, 5.41) is 0. The Morgan fingerprint density at radius 1 is 1.00 bits per heavy atom. The molecular formula is C16H23N2+. The van der Waals surface area contributed by atoms with E-state index in [9.17, 15) is 0 Å². The van der Waals surface area contributed by atoms with Crippen LogP contribution in [0.15, 0.2) is 24.5 Å². The van der Waals surface area contributed by atoms with Gasteiger partial charge in [0.25, 0.3) is 5.82 Å². The zero-order valence-electron chi connectivity index (χ0n) is 12.3. The minimum atomic E-state index is 0.104. The number of nitrogens with one attached hydrogen (secondary N) is 1. The maximum Gasteiger partial charge on any atom is 0.264 e. The highest BCUT2D eigenvalue weighted by molar-refractivity contribution is 5.43. The second-order valence-electron chi connectivity index (χ2n) is 6.18. The molecule has 0 unspecified atom stereocenters. The van der Waals surface area contributed by atoms with Gasteiger partial charge in [-0.3, -0.25) is 0 Å². The number of aryl methyl sites for hydroxylation is 3. The molecule has 96 valence electrons. The minimum absolute atomic E-state index is 0.104. The second kappa shape index (κ2) is 4.27. The molecule has 0 saturated heterocycles. The molecule has 0 atom stereocenters. The van der Waals surface area contributed by atoms with Crippen LogP contribution in [0.2, 0.25) is 0 Å². The molecule has 1 aromatic carbocycles. The van der Waals surface area contributed by atoms with Gasteiger partial charge in [-0.25, -0.2) is 4.98 Å². The quantitative estimate of drug-likeness (QED) is 0.739. The number of aromatic amines is 1. The van der Waals surface area contributed by atoms with Crippen LogP contribution in [-0.4, -0.2) is 4.98 Å². The van der Waals surface area contributed by atoms with Crippen LogP contribution in [0.4, 0.5) is 0 Å². The van der Waals surface area contributed by atoms with Gasteiger partial charge in [0.1, 0.15) is 18.1 Å². The molecule has 0 aliphatic carbocycles. The second-order valence-corrected chi connectivity index (χ2v) is 6.18. The van der Waals surface area contributed by atoms with Gasteiger partial charge in [0.15, 0.2) is 0 Å². The van der Waals surface area contributed by atoms with E-state index in [0.29, 0.717) is 0 Å². The summed E-state index contributed by atoms with van der Waals surface area (Å²) in [6, 6.07) is 4.49. The first kappa shape index (κ1) is 12.9. The lowest BCUT2D eigenvalue weighted by atomic mass is 9.95. The van der Waals surface area contributed by atoms with E-state index in [0.717, 1.165) is 0 Å². The molecule has 0 fully saturated rings. The van der Waals surface area contributed by atoms with E-state index in [-0.39, 0.29) is 5.41 Å². The Hall–Kier alpha value is -1.57. The topological polar surface area (TPSA) is 19.7 Å². The van der Waals surface area contributed by atoms with E-state index in [1.165, 1.54) is 28.2 Å². The molecule has 0 saturated carbocycles. The van der Waals surface area contributed by atoms with Gasteiger partial charge in [-0.1, -0.05) is 17.7 Å². The van der Waals surface area contributed by atoms with Crippen LogP contribution in [0, 0.1) is 20.8 Å². The number of aromatic nitrogens is 2. The van der Waals surface area contributed by atoms with Gasteiger partial charge in [-0.2, -0.15) is 4.57 Å². The third-order valence-electron chi connectivity index (χ3n) is 3.27. The molecule has 0 amide bonds. The van der Waals surface area contributed by atoms with E-state index < -0.39 is 0 Å². The van der Waals surface area contributed by atoms with Crippen molar-refractivity contribution in [2.45, 2.75) is 47.0 Å². The first-order valence-electron chi connectivity index (χ1n) is 6.48. The van der Waals surface area contributed by atoms with Crippen molar-refractivity contribution in [3.05, 3.63) is 47.0 Å². The van der Waals surface area contributed by atoms with Crippen molar-refractivity contribution in [2.24, 2.45) is 0 Å². The van der Waals surface area contributed by atoms with Crippen molar-refractivity contribution < 1.29 is 4.57 Å². The van der Waals surface area contributed by atoms with E-state index in [2.05, 4.69) is 69.4 Å². The largest absolute Gasteiger partial charge is 0.264 e. The molecular weight excluding hydrogens is 220 g/mol. The molecule has 1 aromatic heterocycles. The maximum absolute atomic E-state index is 3.38. The maximum atomic E-state index is 3.38. The molecule has 2 aromatic rings. The van der Waals surface area contributed by atoms with Crippen LogP contribution in [0.3, 0.4) is 0 Å². The van der Waals surface area contributed by atoms with Crippen molar-refractivity contribution >= 4 is 0 Å². The van der Waals surface area contributed by atoms with Crippen LogP contribution < -0.4 is 4.57 Å². The summed E-state index contributed by atoms with van der Waals surface area (Å²) in [6.45, 7) is 13.2. The zero-order chi connectivity index (χ0) is 13.5. The van der Waals surface area contributed by atoms with E-state index >= 15 is 0 Å². The molecule has 2 nitrogen and oxygen atoms in total. The van der Waals surface area contributed by atoms with Crippen LogP contribution >= 0.6 is 0 Å². The summed E-state index contributed by atoms with van der Waals surface area (Å²) in [6.07, 6.45) is 4.13. The minimum Gasteiger partial charge on any atom is -0.247 e. The van der Waals surface area contributed by atoms with Crippen LogP contribution in [0.25, 0.3) is 5.69 Å². The Kier molecular flexibility index (Phi) is 3.05. The smallest absolute Gasteiger partial charge is 0.247 e. The van der Waals surface area contributed by atoms with Gasteiger partial charge in [0.05, 0.1) is 5.41 Å². The number of benzene rings is 1. The molecule has 0 aliphatic rings. The van der Waals surface area contributed by atoms with Gasteiger partial charge in [0, 0.05) is 0 Å². The standard InChI is InChI=1S/C16H22N2/c1-11-9-12(2)14(13(3)10-11)18-8-7-17-15(18)16(4,5)6/h7-10H,1-6H3/p+1. The van der Waals surface area contributed by atoms with Gasteiger partial charge in [-0.05, 0) is 52.7 Å². The fourth-order valence-corrected chi connectivity index (χ4v) is 2.65. The lowest BCUT2D eigenvalue weighted by Gasteiger charge is -2.16. The van der Waals surface area contributed by atoms with Crippen molar-refractivity contribution in [3.8, 4) is 5.69 Å². The van der Waals surface area contributed by atoms with Crippen molar-refractivity contribution in [3.63, 3.8) is 0 Å². The molecule has 1 heterocycles. The number of imidazole rings is 1. The normalized spacial score (nSPS) is 11.9. The molecule has 0 radical (unpaired) electrons. The van der Waals surface area contributed by atoms with Crippen molar-refractivity contribution in [1.29, 1.82) is 0 Å². The Morgan fingerprint density at radius 3 is 2.06 bits per heavy atom. The van der Waals surface area contributed by atoms with Crippen molar-refractivity contribution in [2.75, 3.05) is 0 Å². The van der Waals surface area contributed by atoms with Crippen LogP contribution in [0.5, 0.6) is 0 Å². The fraction of sp³-hybridized carbons (Fsp3) is 0.438. The zero-order valence-corrected chi connectivity index (χ0v) is 12.3. The van der Waals surface area contributed by atoms with Gasteiger partial charge < -0.3 is 0 Å². The molecule has 0 bridgehead atoms. The number of rotatable bonds is 1.